The molecule has 1 aliphatic rings. The van der Waals surface area contributed by atoms with Crippen molar-refractivity contribution in [3.8, 4) is 11.5 Å². The standard InChI is InChI=1S/C20H18N2O8/c1-3-30-20(26)16-17(11-4-9-14(23)15(10-11)29-2)21(19(25)18(16)24)12-5-7-13(8-6-12)22(27)28/h4-10,17,23-24H,3H2,1-2H3/t17-/m0/s1. The van der Waals surface area contributed by atoms with Crippen molar-refractivity contribution in [2.24, 2.45) is 0 Å². The van der Waals surface area contributed by atoms with E-state index in [0.29, 0.717) is 5.56 Å². The van der Waals surface area contributed by atoms with Gasteiger partial charge >= 0.3 is 5.97 Å². The van der Waals surface area contributed by atoms with E-state index in [-0.39, 0.29) is 35.1 Å². The van der Waals surface area contributed by atoms with Gasteiger partial charge in [-0.05, 0) is 36.8 Å². The van der Waals surface area contributed by atoms with Crippen molar-refractivity contribution < 1.29 is 34.2 Å². The number of phenols is 1. The second-order valence-corrected chi connectivity index (χ2v) is 6.27. The van der Waals surface area contributed by atoms with Crippen LogP contribution in [-0.2, 0) is 14.3 Å². The number of rotatable bonds is 6. The Hall–Kier alpha value is -4.08. The van der Waals surface area contributed by atoms with Gasteiger partial charge in [0.25, 0.3) is 11.6 Å². The molecule has 1 amide bonds. The molecular weight excluding hydrogens is 396 g/mol. The fourth-order valence-electron chi connectivity index (χ4n) is 3.20. The van der Waals surface area contributed by atoms with Crippen molar-refractivity contribution in [2.75, 3.05) is 18.6 Å². The molecule has 30 heavy (non-hydrogen) atoms. The lowest BCUT2D eigenvalue weighted by atomic mass is 9.98. The van der Waals surface area contributed by atoms with Crippen LogP contribution in [0.4, 0.5) is 11.4 Å². The van der Waals surface area contributed by atoms with Crippen molar-refractivity contribution in [1.29, 1.82) is 0 Å². The lowest BCUT2D eigenvalue weighted by molar-refractivity contribution is -0.384. The molecule has 0 radical (unpaired) electrons. The lowest BCUT2D eigenvalue weighted by Gasteiger charge is -2.27. The molecule has 0 fully saturated rings. The first-order valence-corrected chi connectivity index (χ1v) is 8.85. The number of aliphatic hydroxyl groups excluding tert-OH is 1. The molecule has 0 unspecified atom stereocenters. The van der Waals surface area contributed by atoms with E-state index in [1.165, 1.54) is 49.6 Å². The number of nitro groups is 1. The third kappa shape index (κ3) is 3.50. The summed E-state index contributed by atoms with van der Waals surface area (Å²) in [5.74, 6) is -2.60. The van der Waals surface area contributed by atoms with Crippen LogP contribution in [0.25, 0.3) is 0 Å². The van der Waals surface area contributed by atoms with Crippen LogP contribution in [0.3, 0.4) is 0 Å². The van der Waals surface area contributed by atoms with Crippen LogP contribution in [0.1, 0.15) is 18.5 Å². The van der Waals surface area contributed by atoms with Gasteiger partial charge in [-0.3, -0.25) is 19.8 Å². The number of carbonyl (C=O) groups is 2. The molecule has 0 bridgehead atoms. The van der Waals surface area contributed by atoms with Gasteiger partial charge in [0.05, 0.1) is 24.7 Å². The zero-order valence-corrected chi connectivity index (χ0v) is 16.1. The maximum atomic E-state index is 12.8. The summed E-state index contributed by atoms with van der Waals surface area (Å²) in [5.41, 5.74) is 0.0981. The molecule has 10 heteroatoms. The largest absolute Gasteiger partial charge is 0.504 e. The van der Waals surface area contributed by atoms with Gasteiger partial charge in [-0.1, -0.05) is 6.07 Å². The number of benzene rings is 2. The van der Waals surface area contributed by atoms with Gasteiger partial charge in [-0.2, -0.15) is 0 Å². The molecule has 0 aromatic heterocycles. The van der Waals surface area contributed by atoms with Crippen LogP contribution < -0.4 is 9.64 Å². The molecule has 2 N–H and O–H groups in total. The maximum absolute atomic E-state index is 12.8. The Bertz CT molecular complexity index is 1050. The van der Waals surface area contributed by atoms with Gasteiger partial charge in [0.15, 0.2) is 17.3 Å². The van der Waals surface area contributed by atoms with Crippen LogP contribution in [0.15, 0.2) is 53.8 Å². The molecule has 0 aliphatic carbocycles. The van der Waals surface area contributed by atoms with Crippen LogP contribution in [0.2, 0.25) is 0 Å². The third-order valence-electron chi connectivity index (χ3n) is 4.56. The van der Waals surface area contributed by atoms with Crippen molar-refractivity contribution in [1.82, 2.24) is 0 Å². The van der Waals surface area contributed by atoms with Crippen molar-refractivity contribution in [2.45, 2.75) is 13.0 Å². The Kier molecular flexibility index (Phi) is 5.58. The Balaban J connectivity index is 2.16. The molecule has 0 saturated heterocycles. The first-order chi connectivity index (χ1) is 14.3. The molecule has 1 aliphatic heterocycles. The Morgan fingerprint density at radius 2 is 1.87 bits per heavy atom. The number of aromatic hydroxyl groups is 1. The van der Waals surface area contributed by atoms with E-state index in [1.54, 1.807) is 6.92 Å². The van der Waals surface area contributed by atoms with E-state index in [0.717, 1.165) is 4.90 Å². The van der Waals surface area contributed by atoms with Crippen LogP contribution in [0.5, 0.6) is 11.5 Å². The fourth-order valence-corrected chi connectivity index (χ4v) is 3.20. The van der Waals surface area contributed by atoms with Crippen LogP contribution in [0, 0.1) is 10.1 Å². The lowest BCUT2D eigenvalue weighted by Crippen LogP contribution is -2.31. The highest BCUT2D eigenvalue weighted by Crippen LogP contribution is 2.43. The normalized spacial score (nSPS) is 16.0. The Morgan fingerprint density at radius 3 is 2.43 bits per heavy atom. The number of anilines is 1. The SMILES string of the molecule is CCOC(=O)C1=C(O)C(=O)N(c2ccc([N+](=O)[O-])cc2)[C@H]1c1ccc(O)c(OC)c1. The second kappa shape index (κ2) is 8.11. The highest BCUT2D eigenvalue weighted by molar-refractivity contribution is 6.15. The monoisotopic (exact) mass is 414 g/mol. The molecule has 2 aromatic rings. The first-order valence-electron chi connectivity index (χ1n) is 8.85. The van der Waals surface area contributed by atoms with E-state index in [1.807, 2.05) is 0 Å². The van der Waals surface area contributed by atoms with E-state index in [9.17, 15) is 29.9 Å². The fraction of sp³-hybridized carbons (Fsp3) is 0.200. The number of esters is 1. The molecule has 0 saturated carbocycles. The zero-order chi connectivity index (χ0) is 22.0. The van der Waals surface area contributed by atoms with Gasteiger partial charge < -0.3 is 19.7 Å². The maximum Gasteiger partial charge on any atom is 0.340 e. The summed E-state index contributed by atoms with van der Waals surface area (Å²) in [6.45, 7) is 1.60. The van der Waals surface area contributed by atoms with Crippen molar-refractivity contribution in [3.05, 3.63) is 69.5 Å². The summed E-state index contributed by atoms with van der Waals surface area (Å²) in [6, 6.07) is 8.18. The van der Waals surface area contributed by atoms with E-state index >= 15 is 0 Å². The summed E-state index contributed by atoms with van der Waals surface area (Å²) in [5, 5.41) is 31.3. The molecule has 2 aromatic carbocycles. The van der Waals surface area contributed by atoms with Crippen LogP contribution in [-0.4, -0.2) is 40.7 Å². The minimum atomic E-state index is -1.10. The van der Waals surface area contributed by atoms with Gasteiger partial charge in [0.1, 0.15) is 5.57 Å². The summed E-state index contributed by atoms with van der Waals surface area (Å²) < 4.78 is 10.1. The van der Waals surface area contributed by atoms with E-state index in [2.05, 4.69) is 0 Å². The molecule has 10 nitrogen and oxygen atoms in total. The summed E-state index contributed by atoms with van der Waals surface area (Å²) in [6.07, 6.45) is 0. The number of nitro benzene ring substituents is 1. The second-order valence-electron chi connectivity index (χ2n) is 6.27. The van der Waals surface area contributed by atoms with E-state index < -0.39 is 28.6 Å². The van der Waals surface area contributed by atoms with Crippen molar-refractivity contribution in [3.63, 3.8) is 0 Å². The van der Waals surface area contributed by atoms with Gasteiger partial charge in [0.2, 0.25) is 0 Å². The summed E-state index contributed by atoms with van der Waals surface area (Å²) >= 11 is 0. The summed E-state index contributed by atoms with van der Waals surface area (Å²) in [7, 11) is 1.34. The number of methoxy groups -OCH3 is 1. The average Bonchev–Trinajstić information content (AvgIpc) is 2.99. The number of nitrogens with zero attached hydrogens (tertiary/aromatic N) is 2. The number of carbonyl (C=O) groups excluding carboxylic acids is 2. The minimum absolute atomic E-state index is 0.0208. The van der Waals surface area contributed by atoms with Gasteiger partial charge in [-0.15, -0.1) is 0 Å². The number of phenolic OH excluding ortho intramolecular Hbond substituents is 1. The number of ether oxygens (including phenoxy) is 2. The number of hydrogen-bond acceptors (Lipinski definition) is 8. The van der Waals surface area contributed by atoms with Crippen LogP contribution >= 0.6 is 0 Å². The van der Waals surface area contributed by atoms with E-state index in [4.69, 9.17) is 9.47 Å². The number of hydrogen-bond donors (Lipinski definition) is 2. The minimum Gasteiger partial charge on any atom is -0.504 e. The predicted molar refractivity (Wildman–Crippen MR) is 104 cm³/mol. The summed E-state index contributed by atoms with van der Waals surface area (Å²) in [4.78, 5) is 36.8. The highest BCUT2D eigenvalue weighted by Gasteiger charge is 2.45. The number of non-ortho nitro benzene ring substituents is 1. The third-order valence-corrected chi connectivity index (χ3v) is 4.56. The number of amides is 1. The van der Waals surface area contributed by atoms with Gasteiger partial charge in [-0.25, -0.2) is 4.79 Å². The highest BCUT2D eigenvalue weighted by atomic mass is 16.6. The Morgan fingerprint density at radius 1 is 1.20 bits per heavy atom. The Labute approximate surface area is 170 Å². The van der Waals surface area contributed by atoms with Crippen molar-refractivity contribution >= 4 is 23.3 Å². The first kappa shape index (κ1) is 20.6. The quantitative estimate of drug-likeness (QED) is 0.418. The molecule has 1 atom stereocenters. The molecule has 0 spiro atoms. The smallest absolute Gasteiger partial charge is 0.340 e. The topological polar surface area (TPSA) is 139 Å². The van der Waals surface area contributed by atoms with Gasteiger partial charge in [0, 0.05) is 17.8 Å². The molecule has 1 heterocycles. The average molecular weight is 414 g/mol. The predicted octanol–water partition coefficient (Wildman–Crippen LogP) is 2.77. The molecule has 156 valence electrons. The molecule has 3 rings (SSSR count). The number of aliphatic hydroxyl groups is 1. The zero-order valence-electron chi connectivity index (χ0n) is 16.1. The molecular formula is C20H18N2O8.